The summed E-state index contributed by atoms with van der Waals surface area (Å²) in [6, 6.07) is 11.6. The fraction of sp³-hybridized carbons (Fsp3) is 0.261. The molecular weight excluding hydrogens is 412 g/mol. The van der Waals surface area contributed by atoms with E-state index in [0.717, 1.165) is 24.0 Å². The van der Waals surface area contributed by atoms with Gasteiger partial charge in [-0.25, -0.2) is 13.0 Å². The summed E-state index contributed by atoms with van der Waals surface area (Å²) in [5.74, 6) is 0.0879. The number of benzene rings is 1. The molecule has 3 aromatic heterocycles. The van der Waals surface area contributed by atoms with Gasteiger partial charge in [-0.1, -0.05) is 42.1 Å². The fourth-order valence-electron chi connectivity index (χ4n) is 3.63. The molecule has 0 fully saturated rings. The standard InChI is InChI=1S/C23H24N4O3S/c1-4-5-12-26-21(24)19(31(29,30)17-9-6-15(2)7-10-17)13-18-22(26)25-20-11-8-16(3)14-27(20)23(18)28/h6-11,13-14,24H,4-5,12H2,1-3H3/p+1. The van der Waals surface area contributed by atoms with Gasteiger partial charge in [-0.2, -0.15) is 0 Å². The molecule has 7 nitrogen and oxygen atoms in total. The summed E-state index contributed by atoms with van der Waals surface area (Å²) in [7, 11) is -3.93. The molecule has 0 spiro atoms. The van der Waals surface area contributed by atoms with E-state index in [0.29, 0.717) is 17.8 Å². The number of nitrogen functional groups attached to an aromatic ring is 1. The molecule has 0 aliphatic carbocycles. The third-order valence-electron chi connectivity index (χ3n) is 5.42. The van der Waals surface area contributed by atoms with E-state index in [1.807, 2.05) is 26.8 Å². The molecule has 4 rings (SSSR count). The van der Waals surface area contributed by atoms with Crippen molar-refractivity contribution in [2.45, 2.75) is 49.9 Å². The Bertz CT molecular complexity index is 1470. The molecule has 0 saturated carbocycles. The summed E-state index contributed by atoms with van der Waals surface area (Å²) in [6.07, 6.45) is 3.35. The van der Waals surface area contributed by atoms with Crippen molar-refractivity contribution in [3.05, 3.63) is 70.1 Å². The van der Waals surface area contributed by atoms with E-state index in [4.69, 9.17) is 5.73 Å². The molecule has 0 atom stereocenters. The first-order chi connectivity index (χ1) is 14.7. The van der Waals surface area contributed by atoms with E-state index in [-0.39, 0.29) is 26.6 Å². The largest absolute Gasteiger partial charge is 0.317 e. The van der Waals surface area contributed by atoms with Crippen LogP contribution in [0.25, 0.3) is 16.7 Å². The van der Waals surface area contributed by atoms with Crippen molar-refractivity contribution in [3.63, 3.8) is 0 Å². The molecule has 0 saturated heterocycles. The molecule has 0 amide bonds. The number of anilines is 1. The number of aryl methyl sites for hydroxylation is 3. The minimum atomic E-state index is -3.93. The van der Waals surface area contributed by atoms with E-state index in [1.54, 1.807) is 41.1 Å². The molecule has 31 heavy (non-hydrogen) atoms. The van der Waals surface area contributed by atoms with Gasteiger partial charge in [0, 0.05) is 6.20 Å². The topological polar surface area (TPSA) is 98.4 Å². The summed E-state index contributed by atoms with van der Waals surface area (Å²) in [5.41, 5.74) is 8.80. The Morgan fingerprint density at radius 1 is 1.06 bits per heavy atom. The van der Waals surface area contributed by atoms with Crippen molar-refractivity contribution in [2.24, 2.45) is 0 Å². The second-order valence-electron chi connectivity index (χ2n) is 7.80. The number of aromatic nitrogens is 3. The first kappa shape index (κ1) is 21.0. The maximum Gasteiger partial charge on any atom is 0.278 e. The lowest BCUT2D eigenvalue weighted by Crippen LogP contribution is -2.41. The molecule has 4 aromatic rings. The van der Waals surface area contributed by atoms with Gasteiger partial charge >= 0.3 is 0 Å². The molecule has 2 N–H and O–H groups in total. The van der Waals surface area contributed by atoms with Crippen molar-refractivity contribution < 1.29 is 13.0 Å². The predicted molar refractivity (Wildman–Crippen MR) is 120 cm³/mol. The maximum atomic E-state index is 13.4. The van der Waals surface area contributed by atoms with Crippen LogP contribution in [-0.2, 0) is 16.4 Å². The Morgan fingerprint density at radius 3 is 2.42 bits per heavy atom. The van der Waals surface area contributed by atoms with Crippen LogP contribution in [0.1, 0.15) is 30.9 Å². The van der Waals surface area contributed by atoms with Crippen LogP contribution in [0.4, 0.5) is 5.82 Å². The Hall–Kier alpha value is -3.26. The third-order valence-corrected chi connectivity index (χ3v) is 7.21. The predicted octanol–water partition coefficient (Wildman–Crippen LogP) is 2.97. The Morgan fingerprint density at radius 2 is 1.74 bits per heavy atom. The van der Waals surface area contributed by atoms with Crippen molar-refractivity contribution in [1.82, 2.24) is 9.38 Å². The van der Waals surface area contributed by atoms with Gasteiger partial charge in [0.25, 0.3) is 11.2 Å². The lowest BCUT2D eigenvalue weighted by molar-refractivity contribution is -0.660. The number of nitrogens with zero attached hydrogens (tertiary/aromatic N) is 3. The Kier molecular flexibility index (Phi) is 5.26. The monoisotopic (exact) mass is 437 g/mol. The summed E-state index contributed by atoms with van der Waals surface area (Å²) < 4.78 is 30.0. The highest BCUT2D eigenvalue weighted by Gasteiger charge is 2.29. The highest BCUT2D eigenvalue weighted by atomic mass is 32.2. The number of pyridine rings is 2. The molecule has 0 unspecified atom stereocenters. The average Bonchev–Trinajstić information content (AvgIpc) is 2.74. The lowest BCUT2D eigenvalue weighted by Gasteiger charge is -2.13. The lowest BCUT2D eigenvalue weighted by atomic mass is 10.2. The number of nitrogens with two attached hydrogens (primary N) is 1. The molecule has 3 heterocycles. The maximum absolute atomic E-state index is 13.4. The van der Waals surface area contributed by atoms with Crippen LogP contribution in [0.2, 0.25) is 0 Å². The molecule has 0 aliphatic rings. The molecule has 160 valence electrons. The number of unbranched alkanes of at least 4 members (excludes halogenated alkanes) is 1. The molecule has 0 radical (unpaired) electrons. The van der Waals surface area contributed by atoms with E-state index in [2.05, 4.69) is 4.98 Å². The van der Waals surface area contributed by atoms with E-state index in [1.165, 1.54) is 10.5 Å². The van der Waals surface area contributed by atoms with Crippen molar-refractivity contribution in [3.8, 4) is 0 Å². The van der Waals surface area contributed by atoms with Crippen LogP contribution in [0.5, 0.6) is 0 Å². The zero-order valence-corrected chi connectivity index (χ0v) is 18.6. The quantitative estimate of drug-likeness (QED) is 0.382. The van der Waals surface area contributed by atoms with Gasteiger partial charge in [0.2, 0.25) is 21.3 Å². The summed E-state index contributed by atoms with van der Waals surface area (Å²) in [5, 5.41) is 0.221. The van der Waals surface area contributed by atoms with Gasteiger partial charge < -0.3 is 5.73 Å². The summed E-state index contributed by atoms with van der Waals surface area (Å²) in [6.45, 7) is 6.27. The highest BCUT2D eigenvalue weighted by Crippen LogP contribution is 2.26. The van der Waals surface area contributed by atoms with Gasteiger partial charge in [0.05, 0.1) is 11.4 Å². The van der Waals surface area contributed by atoms with Crippen LogP contribution in [-0.4, -0.2) is 17.8 Å². The smallest absolute Gasteiger partial charge is 0.278 e. The van der Waals surface area contributed by atoms with E-state index in [9.17, 15) is 13.2 Å². The first-order valence-electron chi connectivity index (χ1n) is 10.2. The van der Waals surface area contributed by atoms with Crippen molar-refractivity contribution >= 4 is 32.3 Å². The number of sulfone groups is 1. The number of hydrogen-bond acceptors (Lipinski definition) is 5. The normalized spacial score (nSPS) is 12.0. The second kappa shape index (κ2) is 7.77. The van der Waals surface area contributed by atoms with Gasteiger partial charge in [0.1, 0.15) is 10.3 Å². The van der Waals surface area contributed by atoms with Gasteiger partial charge in [0.15, 0.2) is 0 Å². The van der Waals surface area contributed by atoms with Gasteiger partial charge in [-0.15, -0.1) is 0 Å². The van der Waals surface area contributed by atoms with E-state index < -0.39 is 9.84 Å². The van der Waals surface area contributed by atoms with Crippen LogP contribution in [0.3, 0.4) is 0 Å². The fourth-order valence-corrected chi connectivity index (χ4v) is 5.04. The van der Waals surface area contributed by atoms with Gasteiger partial charge in [-0.05, 0) is 50.1 Å². The van der Waals surface area contributed by atoms with Crippen molar-refractivity contribution in [1.29, 1.82) is 0 Å². The zero-order chi connectivity index (χ0) is 22.3. The van der Waals surface area contributed by atoms with Crippen LogP contribution in [0, 0.1) is 13.8 Å². The Labute approximate surface area is 180 Å². The number of hydrogen-bond donors (Lipinski definition) is 1. The number of rotatable bonds is 5. The zero-order valence-electron chi connectivity index (χ0n) is 17.8. The van der Waals surface area contributed by atoms with Crippen molar-refractivity contribution in [2.75, 3.05) is 5.73 Å². The summed E-state index contributed by atoms with van der Waals surface area (Å²) in [4.78, 5) is 18.0. The van der Waals surface area contributed by atoms with E-state index >= 15 is 0 Å². The third kappa shape index (κ3) is 3.57. The van der Waals surface area contributed by atoms with Gasteiger partial charge in [-0.3, -0.25) is 9.20 Å². The molecule has 1 aromatic carbocycles. The minimum absolute atomic E-state index is 0.0774. The first-order valence-corrected chi connectivity index (χ1v) is 11.7. The summed E-state index contributed by atoms with van der Waals surface area (Å²) >= 11 is 0. The van der Waals surface area contributed by atoms with Crippen LogP contribution < -0.4 is 15.9 Å². The average molecular weight is 438 g/mol. The molecule has 8 heteroatoms. The minimum Gasteiger partial charge on any atom is -0.317 e. The second-order valence-corrected chi connectivity index (χ2v) is 9.72. The molecule has 0 aliphatic heterocycles. The molecule has 0 bridgehead atoms. The number of fused-ring (bicyclic) bond motifs is 2. The van der Waals surface area contributed by atoms with Crippen LogP contribution in [0.15, 0.2) is 63.2 Å². The Balaban J connectivity index is 2.10. The van der Waals surface area contributed by atoms with Crippen LogP contribution >= 0.6 is 0 Å². The SMILES string of the molecule is CCCC[n+]1c(N)c(S(=O)(=O)c2ccc(C)cc2)cc2c(=O)n3cc(C)ccc3nc21. The molecular formula is C23H25N4O3S+. The highest BCUT2D eigenvalue weighted by molar-refractivity contribution is 7.91.